The van der Waals surface area contributed by atoms with Gasteiger partial charge in [-0.2, -0.15) is 0 Å². The van der Waals surface area contributed by atoms with Crippen molar-refractivity contribution in [1.29, 1.82) is 0 Å². The molecule has 1 aromatic heterocycles. The first-order chi connectivity index (χ1) is 7.15. The number of aromatic amines is 1. The van der Waals surface area contributed by atoms with Crippen molar-refractivity contribution in [1.82, 2.24) is 15.2 Å². The summed E-state index contributed by atoms with van der Waals surface area (Å²) in [6, 6.07) is 5.71. The molecule has 1 aromatic carbocycles. The van der Waals surface area contributed by atoms with E-state index in [9.17, 15) is 0 Å². The highest BCUT2D eigenvalue weighted by Crippen LogP contribution is 2.31. The number of anilines is 1. The smallest absolute Gasteiger partial charge is 0.213 e. The van der Waals surface area contributed by atoms with E-state index in [0.29, 0.717) is 5.16 Å². The third-order valence-corrected chi connectivity index (χ3v) is 3.19. The number of benzene rings is 1. The molecule has 0 saturated carbocycles. The molecule has 0 aliphatic carbocycles. The van der Waals surface area contributed by atoms with Crippen molar-refractivity contribution in [3.63, 3.8) is 0 Å². The van der Waals surface area contributed by atoms with Crippen molar-refractivity contribution >= 4 is 33.4 Å². The van der Waals surface area contributed by atoms with E-state index in [1.807, 2.05) is 25.1 Å². The maximum absolute atomic E-state index is 5.84. The number of halogens is 1. The van der Waals surface area contributed by atoms with Gasteiger partial charge in [-0.3, -0.25) is 5.10 Å². The van der Waals surface area contributed by atoms with Gasteiger partial charge in [0.15, 0.2) is 0 Å². The minimum absolute atomic E-state index is 0.678. The number of hydrogen-bond acceptors (Lipinski definition) is 4. The first kappa shape index (κ1) is 10.5. The molecule has 0 radical (unpaired) electrons. The highest BCUT2D eigenvalue weighted by atomic mass is 79.9. The molecule has 3 N–H and O–H groups in total. The van der Waals surface area contributed by atoms with Crippen LogP contribution in [-0.4, -0.2) is 15.2 Å². The lowest BCUT2D eigenvalue weighted by Gasteiger charge is -2.02. The Bertz CT molecular complexity index is 483. The molecule has 6 heteroatoms. The number of nitrogens with two attached hydrogens (primary N) is 1. The van der Waals surface area contributed by atoms with E-state index in [4.69, 9.17) is 5.73 Å². The van der Waals surface area contributed by atoms with Crippen molar-refractivity contribution in [3.05, 3.63) is 28.5 Å². The van der Waals surface area contributed by atoms with E-state index >= 15 is 0 Å². The Hall–Kier alpha value is -1.01. The number of nitrogen functional groups attached to an aromatic ring is 1. The van der Waals surface area contributed by atoms with Gasteiger partial charge < -0.3 is 5.73 Å². The third kappa shape index (κ3) is 2.51. The predicted molar refractivity (Wildman–Crippen MR) is 63.8 cm³/mol. The van der Waals surface area contributed by atoms with Crippen LogP contribution in [0.15, 0.2) is 32.7 Å². The van der Waals surface area contributed by atoms with Gasteiger partial charge in [0.25, 0.3) is 0 Å². The Morgan fingerprint density at radius 1 is 1.47 bits per heavy atom. The summed E-state index contributed by atoms with van der Waals surface area (Å²) in [6.45, 7) is 1.86. The first-order valence-corrected chi connectivity index (χ1v) is 5.88. The van der Waals surface area contributed by atoms with E-state index in [1.165, 1.54) is 11.8 Å². The Labute approximate surface area is 99.8 Å². The topological polar surface area (TPSA) is 67.6 Å². The van der Waals surface area contributed by atoms with Gasteiger partial charge in [0.05, 0.1) is 0 Å². The highest BCUT2D eigenvalue weighted by molar-refractivity contribution is 9.10. The second-order valence-electron chi connectivity index (χ2n) is 2.99. The Morgan fingerprint density at radius 3 is 2.93 bits per heavy atom. The van der Waals surface area contributed by atoms with Gasteiger partial charge in [0.2, 0.25) is 5.16 Å². The summed E-state index contributed by atoms with van der Waals surface area (Å²) in [5.74, 6) is 0.797. The molecule has 0 fully saturated rings. The van der Waals surface area contributed by atoms with Gasteiger partial charge >= 0.3 is 0 Å². The summed E-state index contributed by atoms with van der Waals surface area (Å²) < 4.78 is 0.992. The van der Waals surface area contributed by atoms with Crippen LogP contribution in [0.4, 0.5) is 5.69 Å². The maximum atomic E-state index is 5.84. The largest absolute Gasteiger partial charge is 0.398 e. The predicted octanol–water partition coefficient (Wildman–Crippen LogP) is 2.61. The number of nitrogens with one attached hydrogen (secondary N) is 1. The molecular weight excluding hydrogens is 276 g/mol. The van der Waals surface area contributed by atoms with E-state index in [2.05, 4.69) is 31.1 Å². The quantitative estimate of drug-likeness (QED) is 0.832. The molecule has 78 valence electrons. The molecule has 2 rings (SSSR count). The molecule has 0 aliphatic rings. The lowest BCUT2D eigenvalue weighted by Crippen LogP contribution is -1.88. The lowest BCUT2D eigenvalue weighted by molar-refractivity contribution is 0.969. The standard InChI is InChI=1S/C9H9BrN4S/c1-5-12-9(14-13-5)15-8-4-6(10)2-3-7(8)11/h2-4H,11H2,1H3,(H,12,13,14). The van der Waals surface area contributed by atoms with Crippen molar-refractivity contribution in [2.24, 2.45) is 0 Å². The number of H-pyrrole nitrogens is 1. The van der Waals surface area contributed by atoms with Gasteiger partial charge in [0.1, 0.15) is 5.82 Å². The monoisotopic (exact) mass is 284 g/mol. The van der Waals surface area contributed by atoms with Crippen molar-refractivity contribution in [2.45, 2.75) is 17.0 Å². The summed E-state index contributed by atoms with van der Waals surface area (Å²) in [7, 11) is 0. The van der Waals surface area contributed by atoms with Gasteiger partial charge in [-0.1, -0.05) is 15.9 Å². The van der Waals surface area contributed by atoms with E-state index in [-0.39, 0.29) is 0 Å². The Kier molecular flexibility index (Phi) is 2.97. The average molecular weight is 285 g/mol. The van der Waals surface area contributed by atoms with Gasteiger partial charge in [-0.05, 0) is 36.9 Å². The normalized spacial score (nSPS) is 10.5. The molecule has 1 heterocycles. The summed E-state index contributed by atoms with van der Waals surface area (Å²) in [5.41, 5.74) is 6.56. The maximum Gasteiger partial charge on any atom is 0.213 e. The number of nitrogens with zero attached hydrogens (tertiary/aromatic N) is 2. The molecule has 2 aromatic rings. The molecular formula is C9H9BrN4S. The van der Waals surface area contributed by atoms with Crippen LogP contribution < -0.4 is 5.73 Å². The summed E-state index contributed by atoms with van der Waals surface area (Å²) in [4.78, 5) is 5.15. The highest BCUT2D eigenvalue weighted by Gasteiger charge is 2.06. The van der Waals surface area contributed by atoms with Crippen LogP contribution in [0.3, 0.4) is 0 Å². The Morgan fingerprint density at radius 2 is 2.27 bits per heavy atom. The minimum Gasteiger partial charge on any atom is -0.398 e. The van der Waals surface area contributed by atoms with Crippen LogP contribution in [-0.2, 0) is 0 Å². The number of hydrogen-bond donors (Lipinski definition) is 2. The second-order valence-corrected chi connectivity index (χ2v) is 4.91. The van der Waals surface area contributed by atoms with Crippen LogP contribution in [0.1, 0.15) is 5.82 Å². The van der Waals surface area contributed by atoms with Crippen LogP contribution in [0, 0.1) is 6.92 Å². The number of aryl methyl sites for hydroxylation is 1. The number of aromatic nitrogens is 3. The summed E-state index contributed by atoms with van der Waals surface area (Å²) >= 11 is 4.84. The van der Waals surface area contributed by atoms with Crippen LogP contribution in [0.2, 0.25) is 0 Å². The van der Waals surface area contributed by atoms with Crippen molar-refractivity contribution in [2.75, 3.05) is 5.73 Å². The molecule has 4 nitrogen and oxygen atoms in total. The van der Waals surface area contributed by atoms with Crippen LogP contribution in [0.5, 0.6) is 0 Å². The van der Waals surface area contributed by atoms with E-state index in [1.54, 1.807) is 0 Å². The molecule has 0 amide bonds. The zero-order chi connectivity index (χ0) is 10.8. The average Bonchev–Trinajstić information content (AvgIpc) is 2.58. The fourth-order valence-electron chi connectivity index (χ4n) is 1.06. The SMILES string of the molecule is Cc1nc(Sc2cc(Br)ccc2N)n[nH]1. The third-order valence-electron chi connectivity index (χ3n) is 1.75. The lowest BCUT2D eigenvalue weighted by atomic mass is 10.3. The van der Waals surface area contributed by atoms with Crippen molar-refractivity contribution in [3.8, 4) is 0 Å². The van der Waals surface area contributed by atoms with Crippen LogP contribution in [0.25, 0.3) is 0 Å². The van der Waals surface area contributed by atoms with E-state index in [0.717, 1.165) is 20.9 Å². The van der Waals surface area contributed by atoms with Gasteiger partial charge in [-0.15, -0.1) is 5.10 Å². The molecule has 15 heavy (non-hydrogen) atoms. The zero-order valence-electron chi connectivity index (χ0n) is 7.99. The van der Waals surface area contributed by atoms with E-state index < -0.39 is 0 Å². The summed E-state index contributed by atoms with van der Waals surface area (Å²) in [5, 5.41) is 7.50. The molecule has 0 unspecified atom stereocenters. The Balaban J connectivity index is 2.27. The minimum atomic E-state index is 0.678. The second kappa shape index (κ2) is 4.24. The molecule has 0 atom stereocenters. The van der Waals surface area contributed by atoms with Crippen molar-refractivity contribution < 1.29 is 0 Å². The molecule has 0 saturated heterocycles. The fraction of sp³-hybridized carbons (Fsp3) is 0.111. The van der Waals surface area contributed by atoms with Gasteiger partial charge in [-0.25, -0.2) is 4.98 Å². The fourth-order valence-corrected chi connectivity index (χ4v) is 2.42. The van der Waals surface area contributed by atoms with Crippen LogP contribution >= 0.6 is 27.7 Å². The molecule has 0 aliphatic heterocycles. The van der Waals surface area contributed by atoms with Gasteiger partial charge in [0, 0.05) is 15.1 Å². The first-order valence-electron chi connectivity index (χ1n) is 4.27. The zero-order valence-corrected chi connectivity index (χ0v) is 10.4. The molecule has 0 spiro atoms. The number of rotatable bonds is 2. The summed E-state index contributed by atoms with van der Waals surface area (Å²) in [6.07, 6.45) is 0. The molecule has 0 bridgehead atoms.